The Balaban J connectivity index is 1.72. The van der Waals surface area contributed by atoms with E-state index in [2.05, 4.69) is 10.5 Å². The molecular formula is C19H21N3O6S. The summed E-state index contributed by atoms with van der Waals surface area (Å²) in [4.78, 5) is 12.3. The van der Waals surface area contributed by atoms with Crippen LogP contribution in [0.25, 0.3) is 0 Å². The molecule has 154 valence electrons. The van der Waals surface area contributed by atoms with Gasteiger partial charge in [0.15, 0.2) is 11.5 Å². The zero-order chi connectivity index (χ0) is 20.9. The molecule has 0 aliphatic carbocycles. The lowest BCUT2D eigenvalue weighted by molar-refractivity contribution is -0.119. The third-order valence-corrected chi connectivity index (χ3v) is 5.16. The van der Waals surface area contributed by atoms with Crippen LogP contribution in [-0.4, -0.2) is 53.7 Å². The van der Waals surface area contributed by atoms with Crippen molar-refractivity contribution in [2.45, 2.75) is 0 Å². The molecule has 0 bridgehead atoms. The number of nitrogens with one attached hydrogen (secondary N) is 1. The van der Waals surface area contributed by atoms with Crippen molar-refractivity contribution in [3.8, 4) is 17.2 Å². The normalized spacial score (nSPS) is 13.2. The maximum absolute atomic E-state index is 12.3. The van der Waals surface area contributed by atoms with Gasteiger partial charge in [0, 0.05) is 5.56 Å². The van der Waals surface area contributed by atoms with Gasteiger partial charge in [0.1, 0.15) is 25.5 Å². The van der Waals surface area contributed by atoms with Crippen molar-refractivity contribution in [2.24, 2.45) is 5.10 Å². The monoisotopic (exact) mass is 419 g/mol. The zero-order valence-corrected chi connectivity index (χ0v) is 16.8. The predicted octanol–water partition coefficient (Wildman–Crippen LogP) is 1.38. The number of para-hydroxylation sites is 3. The van der Waals surface area contributed by atoms with Crippen LogP contribution in [0.1, 0.15) is 5.56 Å². The fraction of sp³-hybridized carbons (Fsp3) is 0.263. The number of hydrazone groups is 1. The van der Waals surface area contributed by atoms with Crippen molar-refractivity contribution in [1.82, 2.24) is 5.43 Å². The molecule has 29 heavy (non-hydrogen) atoms. The first-order valence-corrected chi connectivity index (χ1v) is 10.6. The molecule has 0 atom stereocenters. The molecule has 0 spiro atoms. The SMILES string of the molecule is COc1ccccc1N(CC(=O)N/N=C\c1cccc2c1OCCO2)S(C)(=O)=O. The number of amides is 1. The van der Waals surface area contributed by atoms with Gasteiger partial charge in [0.05, 0.1) is 25.3 Å². The van der Waals surface area contributed by atoms with Crippen LogP contribution in [0.15, 0.2) is 47.6 Å². The Bertz CT molecular complexity index is 1020. The van der Waals surface area contributed by atoms with E-state index in [1.54, 1.807) is 42.5 Å². The van der Waals surface area contributed by atoms with Gasteiger partial charge in [-0.2, -0.15) is 5.10 Å². The van der Waals surface area contributed by atoms with Crippen molar-refractivity contribution >= 4 is 27.8 Å². The summed E-state index contributed by atoms with van der Waals surface area (Å²) in [6.07, 6.45) is 2.43. The minimum absolute atomic E-state index is 0.263. The number of nitrogens with zero attached hydrogens (tertiary/aromatic N) is 2. The minimum atomic E-state index is -3.73. The second kappa shape index (κ2) is 8.82. The molecule has 1 amide bonds. The lowest BCUT2D eigenvalue weighted by Gasteiger charge is -2.23. The molecule has 2 aromatic carbocycles. The second-order valence-electron chi connectivity index (χ2n) is 6.11. The van der Waals surface area contributed by atoms with Crippen molar-refractivity contribution < 1.29 is 27.4 Å². The van der Waals surface area contributed by atoms with Crippen LogP contribution in [0.3, 0.4) is 0 Å². The number of benzene rings is 2. The number of carbonyl (C=O) groups is 1. The Morgan fingerprint density at radius 2 is 1.97 bits per heavy atom. The molecule has 1 aliphatic rings. The van der Waals surface area contributed by atoms with Gasteiger partial charge in [-0.05, 0) is 24.3 Å². The van der Waals surface area contributed by atoms with E-state index in [0.717, 1.165) is 10.6 Å². The van der Waals surface area contributed by atoms with Crippen LogP contribution < -0.4 is 23.9 Å². The number of sulfonamides is 1. The van der Waals surface area contributed by atoms with Crippen LogP contribution in [-0.2, 0) is 14.8 Å². The average molecular weight is 419 g/mol. The third kappa shape index (κ3) is 4.96. The number of anilines is 1. The Labute approximate surface area is 168 Å². The number of hydrogen-bond acceptors (Lipinski definition) is 7. The highest BCUT2D eigenvalue weighted by Crippen LogP contribution is 2.32. The van der Waals surface area contributed by atoms with Crippen molar-refractivity contribution in [3.05, 3.63) is 48.0 Å². The van der Waals surface area contributed by atoms with E-state index >= 15 is 0 Å². The molecule has 0 unspecified atom stereocenters. The number of methoxy groups -OCH3 is 1. The standard InChI is InChI=1S/C19H21N3O6S/c1-26-16-8-4-3-7-15(16)22(29(2,24)25)13-18(23)21-20-12-14-6-5-9-17-19(14)28-11-10-27-17/h3-9,12H,10-11,13H2,1-2H3,(H,21,23)/b20-12-. The minimum Gasteiger partial charge on any atom is -0.495 e. The molecule has 0 saturated carbocycles. The van der Waals surface area contributed by atoms with E-state index in [9.17, 15) is 13.2 Å². The molecule has 0 fully saturated rings. The highest BCUT2D eigenvalue weighted by atomic mass is 32.2. The van der Waals surface area contributed by atoms with Gasteiger partial charge in [0.25, 0.3) is 5.91 Å². The van der Waals surface area contributed by atoms with Crippen LogP contribution in [0, 0.1) is 0 Å². The molecule has 2 aromatic rings. The predicted molar refractivity (Wildman–Crippen MR) is 108 cm³/mol. The molecule has 0 radical (unpaired) electrons. The van der Waals surface area contributed by atoms with Crippen molar-refractivity contribution in [2.75, 3.05) is 37.4 Å². The number of carbonyl (C=O) groups excluding carboxylic acids is 1. The molecule has 10 heteroatoms. The molecule has 3 rings (SSSR count). The van der Waals surface area contributed by atoms with Crippen LogP contribution in [0.4, 0.5) is 5.69 Å². The Morgan fingerprint density at radius 1 is 1.21 bits per heavy atom. The highest BCUT2D eigenvalue weighted by Gasteiger charge is 2.23. The van der Waals surface area contributed by atoms with Gasteiger partial charge >= 0.3 is 0 Å². The first-order valence-electron chi connectivity index (χ1n) is 8.71. The van der Waals surface area contributed by atoms with E-state index in [0.29, 0.717) is 36.0 Å². The molecule has 1 heterocycles. The summed E-state index contributed by atoms with van der Waals surface area (Å²) in [5.74, 6) is 0.872. The van der Waals surface area contributed by atoms with Gasteiger partial charge in [-0.15, -0.1) is 0 Å². The third-order valence-electron chi connectivity index (χ3n) is 4.03. The van der Waals surface area contributed by atoms with E-state index < -0.39 is 22.5 Å². The maximum atomic E-state index is 12.3. The van der Waals surface area contributed by atoms with Gasteiger partial charge in [-0.1, -0.05) is 18.2 Å². The summed E-state index contributed by atoms with van der Waals surface area (Å²) >= 11 is 0. The number of rotatable bonds is 7. The van der Waals surface area contributed by atoms with Gasteiger partial charge in [-0.3, -0.25) is 9.10 Å². The quantitative estimate of drug-likeness (QED) is 0.537. The Morgan fingerprint density at radius 3 is 2.72 bits per heavy atom. The maximum Gasteiger partial charge on any atom is 0.260 e. The van der Waals surface area contributed by atoms with Crippen LogP contribution in [0.2, 0.25) is 0 Å². The van der Waals surface area contributed by atoms with Crippen LogP contribution >= 0.6 is 0 Å². The van der Waals surface area contributed by atoms with Crippen molar-refractivity contribution in [1.29, 1.82) is 0 Å². The smallest absolute Gasteiger partial charge is 0.260 e. The van der Waals surface area contributed by atoms with Crippen LogP contribution in [0.5, 0.6) is 17.2 Å². The van der Waals surface area contributed by atoms with Gasteiger partial charge in [0.2, 0.25) is 10.0 Å². The summed E-state index contributed by atoms with van der Waals surface area (Å²) in [7, 11) is -2.30. The molecule has 1 aliphatic heterocycles. The molecule has 1 N–H and O–H groups in total. The lowest BCUT2D eigenvalue weighted by Crippen LogP contribution is -2.39. The van der Waals surface area contributed by atoms with Gasteiger partial charge in [-0.25, -0.2) is 13.8 Å². The van der Waals surface area contributed by atoms with E-state index in [-0.39, 0.29) is 5.69 Å². The fourth-order valence-corrected chi connectivity index (χ4v) is 3.61. The number of fused-ring (bicyclic) bond motifs is 1. The first-order chi connectivity index (χ1) is 13.9. The fourth-order valence-electron chi connectivity index (χ4n) is 2.75. The average Bonchev–Trinajstić information content (AvgIpc) is 2.71. The van der Waals surface area contributed by atoms with Gasteiger partial charge < -0.3 is 14.2 Å². The number of hydrogen-bond donors (Lipinski definition) is 1. The van der Waals surface area contributed by atoms with E-state index in [1.165, 1.54) is 13.3 Å². The summed E-state index contributed by atoms with van der Waals surface area (Å²) in [6.45, 7) is 0.435. The summed E-state index contributed by atoms with van der Waals surface area (Å²) in [6, 6.07) is 11.9. The van der Waals surface area contributed by atoms with E-state index in [1.807, 2.05) is 0 Å². The largest absolute Gasteiger partial charge is 0.495 e. The molecule has 0 aromatic heterocycles. The summed E-state index contributed by atoms with van der Waals surface area (Å²) in [5, 5.41) is 3.91. The first kappa shape index (κ1) is 20.5. The highest BCUT2D eigenvalue weighted by molar-refractivity contribution is 7.92. The molecule has 9 nitrogen and oxygen atoms in total. The molecular weight excluding hydrogens is 398 g/mol. The van der Waals surface area contributed by atoms with Crippen molar-refractivity contribution in [3.63, 3.8) is 0 Å². The topological polar surface area (TPSA) is 107 Å². The zero-order valence-electron chi connectivity index (χ0n) is 16.0. The Kier molecular flexibility index (Phi) is 6.23. The summed E-state index contributed by atoms with van der Waals surface area (Å²) < 4.78 is 41.7. The lowest BCUT2D eigenvalue weighted by atomic mass is 10.2. The Hall–Kier alpha value is -3.27. The summed E-state index contributed by atoms with van der Waals surface area (Å²) in [5.41, 5.74) is 3.23. The van der Waals surface area contributed by atoms with E-state index in [4.69, 9.17) is 14.2 Å². The number of ether oxygens (including phenoxy) is 3. The molecule has 0 saturated heterocycles. The second-order valence-corrected chi connectivity index (χ2v) is 8.01.